The van der Waals surface area contributed by atoms with Crippen molar-refractivity contribution in [2.45, 2.75) is 10.3 Å². The van der Waals surface area contributed by atoms with Gasteiger partial charge in [0.1, 0.15) is 0 Å². The van der Waals surface area contributed by atoms with Crippen LogP contribution in [0.15, 0.2) is 120 Å². The predicted molar refractivity (Wildman–Crippen MR) is 151 cm³/mol. The van der Waals surface area contributed by atoms with Gasteiger partial charge in [-0.1, -0.05) is 59.9 Å². The second-order valence-corrected chi connectivity index (χ2v) is 10.3. The summed E-state index contributed by atoms with van der Waals surface area (Å²) in [6.45, 7) is 0. The van der Waals surface area contributed by atoms with Crippen LogP contribution in [0.25, 0.3) is 34.2 Å². The number of para-hydroxylation sites is 2. The zero-order valence-electron chi connectivity index (χ0n) is 20.2. The highest BCUT2D eigenvalue weighted by Crippen LogP contribution is 2.31. The summed E-state index contributed by atoms with van der Waals surface area (Å²) in [6.07, 6.45) is 7.13. The van der Waals surface area contributed by atoms with Gasteiger partial charge in [-0.25, -0.2) is 0 Å². The van der Waals surface area contributed by atoms with Crippen molar-refractivity contribution in [3.63, 3.8) is 0 Å². The fourth-order valence-electron chi connectivity index (χ4n) is 3.98. The van der Waals surface area contributed by atoms with Crippen molar-refractivity contribution in [2.75, 3.05) is 11.5 Å². The van der Waals surface area contributed by atoms with E-state index in [0.29, 0.717) is 0 Å². The van der Waals surface area contributed by atoms with Crippen molar-refractivity contribution in [2.24, 2.45) is 0 Å². The highest BCUT2D eigenvalue weighted by Gasteiger charge is 2.18. The Morgan fingerprint density at radius 2 is 0.947 bits per heavy atom. The summed E-state index contributed by atoms with van der Waals surface area (Å²) >= 11 is 3.32. The van der Waals surface area contributed by atoms with Crippen molar-refractivity contribution in [1.82, 2.24) is 39.5 Å². The first-order chi connectivity index (χ1) is 18.9. The van der Waals surface area contributed by atoms with Crippen LogP contribution in [0.5, 0.6) is 0 Å². The smallest absolute Gasteiger partial charge is 0.196 e. The minimum Gasteiger partial charge on any atom is -0.270 e. The van der Waals surface area contributed by atoms with Crippen LogP contribution in [0.4, 0.5) is 0 Å². The van der Waals surface area contributed by atoms with E-state index in [-0.39, 0.29) is 0 Å². The summed E-state index contributed by atoms with van der Waals surface area (Å²) in [5.74, 6) is 3.16. The lowest BCUT2D eigenvalue weighted by molar-refractivity contribution is 0.883. The Balaban J connectivity index is 1.23. The molecule has 0 spiro atoms. The number of nitrogens with zero attached hydrogens (tertiary/aromatic N) is 8. The van der Waals surface area contributed by atoms with Crippen LogP contribution in [-0.4, -0.2) is 51.0 Å². The molecule has 0 saturated carbocycles. The van der Waals surface area contributed by atoms with Crippen LogP contribution >= 0.6 is 23.5 Å². The Kier molecular flexibility index (Phi) is 7.23. The second kappa shape index (κ2) is 11.4. The molecule has 0 radical (unpaired) electrons. The maximum absolute atomic E-state index is 4.52. The van der Waals surface area contributed by atoms with Crippen molar-refractivity contribution in [1.29, 1.82) is 0 Å². The van der Waals surface area contributed by atoms with Gasteiger partial charge in [0.15, 0.2) is 22.0 Å². The van der Waals surface area contributed by atoms with Crippen LogP contribution in [0.1, 0.15) is 0 Å². The van der Waals surface area contributed by atoms with Crippen LogP contribution < -0.4 is 0 Å². The third-order valence-electron chi connectivity index (χ3n) is 5.68. The lowest BCUT2D eigenvalue weighted by Gasteiger charge is -2.11. The number of thioether (sulfide) groups is 2. The number of aromatic nitrogens is 8. The summed E-state index contributed by atoms with van der Waals surface area (Å²) in [7, 11) is 0. The van der Waals surface area contributed by atoms with E-state index in [2.05, 4.69) is 63.8 Å². The fourth-order valence-corrected chi connectivity index (χ4v) is 5.85. The van der Waals surface area contributed by atoms with E-state index >= 15 is 0 Å². The Labute approximate surface area is 228 Å². The molecule has 0 amide bonds. The number of hydrogen-bond donors (Lipinski definition) is 0. The van der Waals surface area contributed by atoms with Gasteiger partial charge >= 0.3 is 0 Å². The van der Waals surface area contributed by atoms with Gasteiger partial charge in [0.25, 0.3) is 0 Å². The molecule has 186 valence electrons. The van der Waals surface area contributed by atoms with Gasteiger partial charge in [0.05, 0.1) is 0 Å². The van der Waals surface area contributed by atoms with Crippen molar-refractivity contribution in [3.05, 3.63) is 110 Å². The summed E-state index contributed by atoms with van der Waals surface area (Å²) in [5, 5.41) is 19.7. The molecule has 6 rings (SSSR count). The van der Waals surface area contributed by atoms with E-state index in [4.69, 9.17) is 0 Å². The maximum Gasteiger partial charge on any atom is 0.196 e. The zero-order valence-corrected chi connectivity index (χ0v) is 21.8. The van der Waals surface area contributed by atoms with Gasteiger partial charge in [0, 0.05) is 58.8 Å². The first-order valence-corrected chi connectivity index (χ1v) is 13.9. The Bertz CT molecular complexity index is 1480. The Hall–Kier alpha value is -4.28. The normalized spacial score (nSPS) is 11.1. The molecule has 0 aliphatic heterocycles. The fraction of sp³-hybridized carbons (Fsp3) is 0.0714. The summed E-state index contributed by atoms with van der Waals surface area (Å²) in [4.78, 5) is 8.52. The Morgan fingerprint density at radius 3 is 1.34 bits per heavy atom. The summed E-state index contributed by atoms with van der Waals surface area (Å²) in [6, 6.07) is 28.1. The molecular weight excluding hydrogens is 512 g/mol. The molecule has 0 atom stereocenters. The Morgan fingerprint density at radius 1 is 0.500 bits per heavy atom. The van der Waals surface area contributed by atoms with E-state index in [9.17, 15) is 0 Å². The quantitative estimate of drug-likeness (QED) is 0.168. The van der Waals surface area contributed by atoms with E-state index in [0.717, 1.165) is 56.0 Å². The van der Waals surface area contributed by atoms with E-state index in [1.54, 1.807) is 35.9 Å². The standard InChI is InChI=1S/C28H22N8S2/c1-3-11-23(12-4-1)35-25(21-9-7-15-29-19-21)31-33-27(35)37-17-18-38-28-34-32-26(22-10-8-16-30-20-22)36(28)24-13-5-2-6-14-24/h1-16,19-20H,17-18H2. The minimum absolute atomic E-state index is 0.768. The van der Waals surface area contributed by atoms with Gasteiger partial charge in [0.2, 0.25) is 0 Å². The van der Waals surface area contributed by atoms with Crippen LogP contribution in [0, 0.1) is 0 Å². The monoisotopic (exact) mass is 534 g/mol. The third-order valence-corrected chi connectivity index (χ3v) is 7.80. The van der Waals surface area contributed by atoms with Gasteiger partial charge in [-0.15, -0.1) is 20.4 Å². The van der Waals surface area contributed by atoms with Gasteiger partial charge in [-0.05, 0) is 48.5 Å². The molecule has 38 heavy (non-hydrogen) atoms. The van der Waals surface area contributed by atoms with Crippen molar-refractivity contribution in [3.8, 4) is 34.2 Å². The van der Waals surface area contributed by atoms with Crippen LogP contribution in [0.3, 0.4) is 0 Å². The average molecular weight is 535 g/mol. The highest BCUT2D eigenvalue weighted by atomic mass is 32.2. The highest BCUT2D eigenvalue weighted by molar-refractivity contribution is 8.02. The number of rotatable bonds is 9. The largest absolute Gasteiger partial charge is 0.270 e. The van der Waals surface area contributed by atoms with Gasteiger partial charge in [-0.2, -0.15) is 0 Å². The molecule has 2 aromatic carbocycles. The molecule has 0 aliphatic carbocycles. The molecule has 0 fully saturated rings. The molecule has 4 heterocycles. The average Bonchev–Trinajstić information content (AvgIpc) is 3.62. The topological polar surface area (TPSA) is 87.2 Å². The molecule has 6 aromatic rings. The summed E-state index contributed by atoms with van der Waals surface area (Å²) < 4.78 is 4.17. The second-order valence-electron chi connectivity index (χ2n) is 8.13. The third kappa shape index (κ3) is 5.09. The predicted octanol–water partition coefficient (Wildman–Crippen LogP) is 5.86. The van der Waals surface area contributed by atoms with Crippen LogP contribution in [0.2, 0.25) is 0 Å². The van der Waals surface area contributed by atoms with Gasteiger partial charge < -0.3 is 0 Å². The summed E-state index contributed by atoms with van der Waals surface area (Å²) in [5.41, 5.74) is 3.86. The van der Waals surface area contributed by atoms with Crippen molar-refractivity contribution < 1.29 is 0 Å². The molecule has 0 unspecified atom stereocenters. The number of benzene rings is 2. The lowest BCUT2D eigenvalue weighted by Crippen LogP contribution is -2.01. The molecule has 0 saturated heterocycles. The van der Waals surface area contributed by atoms with E-state index in [1.165, 1.54) is 0 Å². The molecule has 10 heteroatoms. The maximum atomic E-state index is 4.52. The molecular formula is C28H22N8S2. The minimum atomic E-state index is 0.768. The first kappa shape index (κ1) is 24.1. The zero-order chi connectivity index (χ0) is 25.6. The molecule has 0 N–H and O–H groups in total. The molecule has 8 nitrogen and oxygen atoms in total. The lowest BCUT2D eigenvalue weighted by atomic mass is 10.2. The van der Waals surface area contributed by atoms with Gasteiger partial charge in [-0.3, -0.25) is 19.1 Å². The SMILES string of the molecule is c1ccc(-n2c(SCCSc3nnc(-c4cccnc4)n3-c3ccccc3)nnc2-c2cccnc2)cc1. The van der Waals surface area contributed by atoms with Crippen molar-refractivity contribution >= 4 is 23.5 Å². The molecule has 4 aromatic heterocycles. The van der Waals surface area contributed by atoms with Crippen LogP contribution in [-0.2, 0) is 0 Å². The number of pyridine rings is 2. The molecule has 0 bridgehead atoms. The van der Waals surface area contributed by atoms with E-state index in [1.807, 2.05) is 73.1 Å². The molecule has 0 aliphatic rings. The first-order valence-electron chi connectivity index (χ1n) is 12.0. The van der Waals surface area contributed by atoms with E-state index < -0.39 is 0 Å². The number of hydrogen-bond acceptors (Lipinski definition) is 8.